The average molecular weight is 383 g/mol. The summed E-state index contributed by atoms with van der Waals surface area (Å²) < 4.78 is 28.3. The SMILES string of the molecule is O=C1N/C(=C\c2ccc(N3CCCC3)c(F)c2)C(=O)N1Cc1ccccc1F. The standard InChI is InChI=1S/C21H19F2N3O2/c22-16-6-2-1-5-15(16)13-26-20(27)18(24-21(26)28)12-14-7-8-19(17(23)11-14)25-9-3-4-10-25/h1-2,5-8,11-12H,3-4,9-10,13H2,(H,24,28)/b18-12-. The average Bonchev–Trinajstić information content (AvgIpc) is 3.28. The van der Waals surface area contributed by atoms with Crippen molar-refractivity contribution in [1.29, 1.82) is 0 Å². The minimum Gasteiger partial charge on any atom is -0.369 e. The Labute approximate surface area is 161 Å². The van der Waals surface area contributed by atoms with Gasteiger partial charge in [-0.15, -0.1) is 0 Å². The van der Waals surface area contributed by atoms with Crippen LogP contribution in [-0.2, 0) is 11.3 Å². The molecule has 0 radical (unpaired) electrons. The molecule has 2 heterocycles. The van der Waals surface area contributed by atoms with Crippen molar-refractivity contribution < 1.29 is 18.4 Å². The second-order valence-electron chi connectivity index (χ2n) is 6.88. The maximum Gasteiger partial charge on any atom is 0.329 e. The van der Waals surface area contributed by atoms with Gasteiger partial charge in [0.15, 0.2) is 0 Å². The lowest BCUT2D eigenvalue weighted by Gasteiger charge is -2.18. The van der Waals surface area contributed by atoms with Crippen LogP contribution in [0.15, 0.2) is 48.2 Å². The third-order valence-electron chi connectivity index (χ3n) is 4.98. The molecule has 2 aliphatic heterocycles. The van der Waals surface area contributed by atoms with Crippen molar-refractivity contribution in [2.75, 3.05) is 18.0 Å². The zero-order valence-corrected chi connectivity index (χ0v) is 15.1. The van der Waals surface area contributed by atoms with E-state index >= 15 is 0 Å². The quantitative estimate of drug-likeness (QED) is 0.648. The molecule has 0 spiro atoms. The highest BCUT2D eigenvalue weighted by molar-refractivity contribution is 6.13. The molecule has 7 heteroatoms. The molecule has 2 aromatic rings. The van der Waals surface area contributed by atoms with Gasteiger partial charge in [0.1, 0.15) is 17.3 Å². The number of hydrogen-bond acceptors (Lipinski definition) is 3. The lowest BCUT2D eigenvalue weighted by atomic mass is 10.1. The smallest absolute Gasteiger partial charge is 0.329 e. The van der Waals surface area contributed by atoms with Crippen LogP contribution in [0.4, 0.5) is 19.3 Å². The Bertz CT molecular complexity index is 968. The molecule has 0 aromatic heterocycles. The number of carbonyl (C=O) groups excluding carboxylic acids is 2. The zero-order valence-electron chi connectivity index (χ0n) is 15.1. The lowest BCUT2D eigenvalue weighted by molar-refractivity contribution is -0.123. The van der Waals surface area contributed by atoms with E-state index in [1.54, 1.807) is 18.2 Å². The molecular formula is C21H19F2N3O2. The first-order valence-electron chi connectivity index (χ1n) is 9.15. The van der Waals surface area contributed by atoms with E-state index in [1.165, 1.54) is 30.3 Å². The molecule has 2 aliphatic rings. The van der Waals surface area contributed by atoms with Crippen LogP contribution in [-0.4, -0.2) is 29.9 Å². The van der Waals surface area contributed by atoms with Crippen LogP contribution in [0.25, 0.3) is 6.08 Å². The van der Waals surface area contributed by atoms with Gasteiger partial charge < -0.3 is 10.2 Å². The summed E-state index contributed by atoms with van der Waals surface area (Å²) in [6.07, 6.45) is 3.52. The summed E-state index contributed by atoms with van der Waals surface area (Å²) in [6.45, 7) is 1.49. The Hall–Kier alpha value is -3.22. The molecule has 0 atom stereocenters. The second-order valence-corrected chi connectivity index (χ2v) is 6.88. The van der Waals surface area contributed by atoms with E-state index in [0.29, 0.717) is 11.3 Å². The van der Waals surface area contributed by atoms with Gasteiger partial charge in [-0.25, -0.2) is 13.6 Å². The molecule has 2 saturated heterocycles. The molecule has 2 aromatic carbocycles. The van der Waals surface area contributed by atoms with Gasteiger partial charge in [0.05, 0.1) is 12.2 Å². The maximum absolute atomic E-state index is 14.5. The lowest BCUT2D eigenvalue weighted by Crippen LogP contribution is -2.30. The molecular weight excluding hydrogens is 364 g/mol. The number of hydrogen-bond donors (Lipinski definition) is 1. The van der Waals surface area contributed by atoms with E-state index in [-0.39, 0.29) is 23.6 Å². The van der Waals surface area contributed by atoms with Crippen molar-refractivity contribution in [2.45, 2.75) is 19.4 Å². The third kappa shape index (κ3) is 3.47. The maximum atomic E-state index is 14.5. The Balaban J connectivity index is 1.54. The van der Waals surface area contributed by atoms with Crippen molar-refractivity contribution in [2.24, 2.45) is 0 Å². The van der Waals surface area contributed by atoms with Gasteiger partial charge in [0.25, 0.3) is 5.91 Å². The topological polar surface area (TPSA) is 52.7 Å². The van der Waals surface area contributed by atoms with Crippen LogP contribution < -0.4 is 10.2 Å². The normalized spacial score (nSPS) is 18.3. The van der Waals surface area contributed by atoms with E-state index in [1.807, 2.05) is 4.90 Å². The summed E-state index contributed by atoms with van der Waals surface area (Å²) in [6, 6.07) is 10.1. The molecule has 28 heavy (non-hydrogen) atoms. The highest BCUT2D eigenvalue weighted by Gasteiger charge is 2.34. The van der Waals surface area contributed by atoms with Crippen molar-refractivity contribution in [3.8, 4) is 0 Å². The van der Waals surface area contributed by atoms with Gasteiger partial charge in [-0.2, -0.15) is 0 Å². The molecule has 0 unspecified atom stereocenters. The van der Waals surface area contributed by atoms with Crippen molar-refractivity contribution in [3.05, 3.63) is 70.9 Å². The Morgan fingerprint density at radius 3 is 2.46 bits per heavy atom. The molecule has 4 rings (SSSR count). The number of benzene rings is 2. The number of rotatable bonds is 4. The second kappa shape index (κ2) is 7.42. The number of nitrogens with one attached hydrogen (secondary N) is 1. The van der Waals surface area contributed by atoms with Crippen molar-refractivity contribution in [1.82, 2.24) is 10.2 Å². The first kappa shape index (κ1) is 18.2. The summed E-state index contributed by atoms with van der Waals surface area (Å²) in [4.78, 5) is 27.6. The fraction of sp³-hybridized carbons (Fsp3) is 0.238. The minimum absolute atomic E-state index is 0.0367. The summed E-state index contributed by atoms with van der Waals surface area (Å²) in [5, 5.41) is 2.47. The van der Waals surface area contributed by atoms with Crippen LogP contribution >= 0.6 is 0 Å². The predicted molar refractivity (Wildman–Crippen MR) is 101 cm³/mol. The van der Waals surface area contributed by atoms with E-state index < -0.39 is 17.8 Å². The summed E-state index contributed by atoms with van der Waals surface area (Å²) in [7, 11) is 0. The fourth-order valence-corrected chi connectivity index (χ4v) is 3.51. The number of carbonyl (C=O) groups is 2. The van der Waals surface area contributed by atoms with Crippen molar-refractivity contribution in [3.63, 3.8) is 0 Å². The highest BCUT2D eigenvalue weighted by Crippen LogP contribution is 2.26. The third-order valence-corrected chi connectivity index (χ3v) is 4.98. The first-order valence-corrected chi connectivity index (χ1v) is 9.15. The first-order chi connectivity index (χ1) is 13.5. The molecule has 2 fully saturated rings. The largest absolute Gasteiger partial charge is 0.369 e. The van der Waals surface area contributed by atoms with Crippen LogP contribution in [0.2, 0.25) is 0 Å². The number of urea groups is 1. The summed E-state index contributed by atoms with van der Waals surface area (Å²) >= 11 is 0. The van der Waals surface area contributed by atoms with Gasteiger partial charge in [-0.1, -0.05) is 24.3 Å². The van der Waals surface area contributed by atoms with Crippen LogP contribution in [0.1, 0.15) is 24.0 Å². The monoisotopic (exact) mass is 383 g/mol. The number of nitrogens with zero attached hydrogens (tertiary/aromatic N) is 2. The Kier molecular flexibility index (Phi) is 4.81. The molecule has 144 valence electrons. The molecule has 0 bridgehead atoms. The number of amides is 3. The van der Waals surface area contributed by atoms with Crippen LogP contribution in [0, 0.1) is 11.6 Å². The Morgan fingerprint density at radius 1 is 1.00 bits per heavy atom. The fourth-order valence-electron chi connectivity index (χ4n) is 3.51. The number of halogens is 2. The highest BCUT2D eigenvalue weighted by atomic mass is 19.1. The van der Waals surface area contributed by atoms with Gasteiger partial charge >= 0.3 is 6.03 Å². The Morgan fingerprint density at radius 2 is 1.75 bits per heavy atom. The predicted octanol–water partition coefficient (Wildman–Crippen LogP) is 3.66. The summed E-state index contributed by atoms with van der Waals surface area (Å²) in [5.74, 6) is -1.42. The molecule has 5 nitrogen and oxygen atoms in total. The van der Waals surface area contributed by atoms with Crippen LogP contribution in [0.5, 0.6) is 0 Å². The molecule has 0 saturated carbocycles. The van der Waals surface area contributed by atoms with Gasteiger partial charge in [-0.3, -0.25) is 9.69 Å². The minimum atomic E-state index is -0.631. The van der Waals surface area contributed by atoms with Crippen molar-refractivity contribution >= 4 is 23.7 Å². The molecule has 1 N–H and O–H groups in total. The van der Waals surface area contributed by atoms with E-state index in [9.17, 15) is 18.4 Å². The van der Waals surface area contributed by atoms with E-state index in [4.69, 9.17) is 0 Å². The number of anilines is 1. The van der Waals surface area contributed by atoms with Gasteiger partial charge in [0, 0.05) is 18.7 Å². The van der Waals surface area contributed by atoms with Crippen LogP contribution in [0.3, 0.4) is 0 Å². The van der Waals surface area contributed by atoms with Gasteiger partial charge in [-0.05, 0) is 42.7 Å². The van der Waals surface area contributed by atoms with E-state index in [2.05, 4.69) is 5.32 Å². The summed E-state index contributed by atoms with van der Waals surface area (Å²) in [5.41, 5.74) is 1.29. The molecule has 0 aliphatic carbocycles. The van der Waals surface area contributed by atoms with Gasteiger partial charge in [0.2, 0.25) is 0 Å². The van der Waals surface area contributed by atoms with E-state index in [0.717, 1.165) is 30.8 Å². The molecule has 3 amide bonds. The number of imide groups is 1. The zero-order chi connectivity index (χ0) is 19.7.